The summed E-state index contributed by atoms with van der Waals surface area (Å²) < 4.78 is 62.8. The van der Waals surface area contributed by atoms with E-state index in [1.807, 2.05) is 0 Å². The van der Waals surface area contributed by atoms with Gasteiger partial charge in [-0.25, -0.2) is 18.0 Å². The molecule has 6 nitrogen and oxygen atoms in total. The summed E-state index contributed by atoms with van der Waals surface area (Å²) in [5.74, 6) is -3.63. The lowest BCUT2D eigenvalue weighted by Gasteiger charge is -2.63. The first-order chi connectivity index (χ1) is 17.4. The van der Waals surface area contributed by atoms with Crippen LogP contribution in [0.3, 0.4) is 0 Å². The number of ether oxygens (including phenoxy) is 2. The van der Waals surface area contributed by atoms with Gasteiger partial charge in [-0.1, -0.05) is 19.9 Å². The van der Waals surface area contributed by atoms with Gasteiger partial charge in [0.15, 0.2) is 17.1 Å². The standard InChI is InChI=1S/C27H29F3O6S/c1-14-9-16-17-11-19(29)18-10-15(31)6-7-24(18,2)26(17,30)21(32)12-25(16,3)27(14,23(37)35-13-28)36-22(33)20-5-4-8-34-20/h4-8,10,14,16-17,19,21,32H,9,11-13H2,1-3H3/t14?,16-,17-,19-,21-,24-,25-,26-,27-/m0/s1. The van der Waals surface area contributed by atoms with Crippen LogP contribution in [0, 0.1) is 28.6 Å². The highest BCUT2D eigenvalue weighted by Crippen LogP contribution is 2.71. The number of esters is 1. The number of aliphatic hydroxyl groups is 1. The first-order valence-electron chi connectivity index (χ1n) is 12.3. The summed E-state index contributed by atoms with van der Waals surface area (Å²) in [6, 6.07) is 2.90. The van der Waals surface area contributed by atoms with Crippen molar-refractivity contribution in [3.63, 3.8) is 0 Å². The molecule has 0 aromatic carbocycles. The number of aliphatic hydroxyl groups excluding tert-OH is 1. The minimum absolute atomic E-state index is 0.0132. The predicted molar refractivity (Wildman–Crippen MR) is 130 cm³/mol. The van der Waals surface area contributed by atoms with Crippen LogP contribution in [-0.2, 0) is 14.3 Å². The van der Waals surface area contributed by atoms with Gasteiger partial charge in [0.1, 0.15) is 6.17 Å². The maximum atomic E-state index is 17.4. The first kappa shape index (κ1) is 26.2. The summed E-state index contributed by atoms with van der Waals surface area (Å²) in [6.45, 7) is 3.67. The Morgan fingerprint density at radius 2 is 2.03 bits per heavy atom. The number of furan rings is 1. The van der Waals surface area contributed by atoms with Crippen molar-refractivity contribution in [3.05, 3.63) is 48.0 Å². The fraction of sp³-hybridized carbons (Fsp3) is 0.593. The summed E-state index contributed by atoms with van der Waals surface area (Å²) in [6.07, 6.45) is 1.48. The van der Waals surface area contributed by atoms with E-state index >= 15 is 8.78 Å². The number of alkyl halides is 3. The van der Waals surface area contributed by atoms with Crippen LogP contribution in [0.1, 0.15) is 50.6 Å². The molecule has 1 aromatic rings. The van der Waals surface area contributed by atoms with Crippen molar-refractivity contribution in [1.29, 1.82) is 0 Å². The maximum Gasteiger partial charge on any atom is 0.375 e. The van der Waals surface area contributed by atoms with Crippen molar-refractivity contribution in [1.82, 2.24) is 0 Å². The summed E-state index contributed by atoms with van der Waals surface area (Å²) in [4.78, 5) is 25.1. The number of carbonyl (C=O) groups is 2. The molecule has 0 bridgehead atoms. The third kappa shape index (κ3) is 3.24. The Balaban J connectivity index is 1.64. The third-order valence-corrected chi connectivity index (χ3v) is 10.1. The number of thiocarbonyl (C=S) groups is 1. The molecule has 4 aliphatic carbocycles. The van der Waals surface area contributed by atoms with Gasteiger partial charge in [-0.05, 0) is 74.2 Å². The van der Waals surface area contributed by atoms with E-state index in [4.69, 9.17) is 26.1 Å². The Hall–Kier alpha value is -2.46. The number of halogens is 3. The molecule has 10 heteroatoms. The quantitative estimate of drug-likeness (QED) is 0.426. The van der Waals surface area contributed by atoms with Crippen LogP contribution in [-0.4, -0.2) is 52.3 Å². The molecule has 1 aromatic heterocycles. The van der Waals surface area contributed by atoms with Gasteiger partial charge < -0.3 is 19.0 Å². The number of ketones is 1. The van der Waals surface area contributed by atoms with Gasteiger partial charge in [0.05, 0.1) is 12.4 Å². The molecule has 5 rings (SSSR count). The van der Waals surface area contributed by atoms with E-state index in [0.717, 1.165) is 6.08 Å². The van der Waals surface area contributed by atoms with Crippen LogP contribution < -0.4 is 0 Å². The molecule has 0 amide bonds. The summed E-state index contributed by atoms with van der Waals surface area (Å²) in [5, 5.41) is 11.2. The van der Waals surface area contributed by atoms with Crippen molar-refractivity contribution < 1.29 is 41.8 Å². The molecule has 4 aliphatic rings. The smallest absolute Gasteiger partial charge is 0.375 e. The molecule has 200 valence electrons. The van der Waals surface area contributed by atoms with Gasteiger partial charge in [-0.3, -0.25) is 4.79 Å². The van der Waals surface area contributed by atoms with Crippen LogP contribution in [0.5, 0.6) is 0 Å². The van der Waals surface area contributed by atoms with Crippen molar-refractivity contribution in [2.45, 2.75) is 63.6 Å². The number of carbonyl (C=O) groups excluding carboxylic acids is 2. The van der Waals surface area contributed by atoms with Crippen molar-refractivity contribution in [3.8, 4) is 0 Å². The Bertz CT molecular complexity index is 1200. The van der Waals surface area contributed by atoms with Crippen molar-refractivity contribution >= 4 is 29.0 Å². The van der Waals surface area contributed by atoms with E-state index in [9.17, 15) is 19.1 Å². The van der Waals surface area contributed by atoms with Crippen molar-refractivity contribution in [2.75, 3.05) is 6.86 Å². The van der Waals surface area contributed by atoms with E-state index < -0.39 is 70.7 Å². The largest absolute Gasteiger partial charge is 0.457 e. The Morgan fingerprint density at radius 3 is 2.68 bits per heavy atom. The molecule has 0 radical (unpaired) electrons. The summed E-state index contributed by atoms with van der Waals surface area (Å²) >= 11 is 5.48. The second-order valence-electron chi connectivity index (χ2n) is 11.1. The lowest BCUT2D eigenvalue weighted by atomic mass is 9.44. The van der Waals surface area contributed by atoms with E-state index in [1.165, 1.54) is 37.5 Å². The first-order valence-corrected chi connectivity index (χ1v) is 12.7. The normalized spacial score (nSPS) is 44.4. The fourth-order valence-electron chi connectivity index (χ4n) is 7.97. The number of rotatable bonds is 4. The average Bonchev–Trinajstić information content (AvgIpc) is 3.45. The fourth-order valence-corrected chi connectivity index (χ4v) is 8.49. The van der Waals surface area contributed by atoms with E-state index in [-0.39, 0.29) is 35.6 Å². The highest BCUT2D eigenvalue weighted by molar-refractivity contribution is 7.80. The molecule has 3 saturated carbocycles. The van der Waals surface area contributed by atoms with Gasteiger partial charge >= 0.3 is 5.97 Å². The molecule has 1 heterocycles. The number of hydrogen-bond donors (Lipinski definition) is 1. The van der Waals surface area contributed by atoms with Crippen LogP contribution in [0.4, 0.5) is 13.2 Å². The van der Waals surface area contributed by atoms with Crippen LogP contribution in [0.25, 0.3) is 0 Å². The SMILES string of the molecule is CC1C[C@H]2[C@@H]3C[C@H](F)C4=CC(=O)C=C[C@]4(C)[C@@]3(F)[C@@H](O)C[C@]2(C)[C@@]1(OC(=O)c1ccco1)C(=S)OCF. The zero-order valence-corrected chi connectivity index (χ0v) is 21.5. The zero-order chi connectivity index (χ0) is 27.0. The highest BCUT2D eigenvalue weighted by Gasteiger charge is 2.78. The van der Waals surface area contributed by atoms with Crippen LogP contribution >= 0.6 is 12.2 Å². The van der Waals surface area contributed by atoms with Crippen molar-refractivity contribution in [2.24, 2.45) is 28.6 Å². The van der Waals surface area contributed by atoms with Gasteiger partial charge in [0, 0.05) is 22.7 Å². The van der Waals surface area contributed by atoms with Gasteiger partial charge in [0.25, 0.3) is 0 Å². The molecule has 1 unspecified atom stereocenters. The number of fused-ring (bicyclic) bond motifs is 5. The molecular formula is C27H29F3O6S. The minimum Gasteiger partial charge on any atom is -0.457 e. The van der Waals surface area contributed by atoms with E-state index in [2.05, 4.69) is 0 Å². The maximum absolute atomic E-state index is 17.4. The second-order valence-corrected chi connectivity index (χ2v) is 11.5. The average molecular weight is 539 g/mol. The minimum atomic E-state index is -2.31. The number of hydrogen-bond acceptors (Lipinski definition) is 7. The van der Waals surface area contributed by atoms with Crippen LogP contribution in [0.2, 0.25) is 0 Å². The van der Waals surface area contributed by atoms with Gasteiger partial charge in [-0.2, -0.15) is 0 Å². The molecule has 0 aliphatic heterocycles. The highest BCUT2D eigenvalue weighted by atomic mass is 32.1. The second kappa shape index (κ2) is 8.53. The molecule has 37 heavy (non-hydrogen) atoms. The van der Waals surface area contributed by atoms with Gasteiger partial charge in [-0.15, -0.1) is 0 Å². The molecule has 0 spiro atoms. The van der Waals surface area contributed by atoms with Crippen LogP contribution in [0.15, 0.2) is 46.6 Å². The summed E-state index contributed by atoms with van der Waals surface area (Å²) in [5.41, 5.74) is -6.82. The predicted octanol–water partition coefficient (Wildman–Crippen LogP) is 5.01. The lowest BCUT2D eigenvalue weighted by Crippen LogP contribution is -2.71. The Morgan fingerprint density at radius 1 is 1.30 bits per heavy atom. The summed E-state index contributed by atoms with van der Waals surface area (Å²) in [7, 11) is 0. The zero-order valence-electron chi connectivity index (χ0n) is 20.7. The molecule has 9 atom stereocenters. The number of allylic oxidation sites excluding steroid dienone is 4. The van der Waals surface area contributed by atoms with E-state index in [1.54, 1.807) is 13.8 Å². The molecule has 1 N–H and O–H groups in total. The van der Waals surface area contributed by atoms with E-state index in [0.29, 0.717) is 0 Å². The molecule has 3 fully saturated rings. The molecule has 0 saturated heterocycles. The lowest BCUT2D eigenvalue weighted by molar-refractivity contribution is -0.216. The Kier molecular flexibility index (Phi) is 6.03. The van der Waals surface area contributed by atoms with Gasteiger partial charge in [0.2, 0.25) is 17.7 Å². The monoisotopic (exact) mass is 538 g/mol. The molecular weight excluding hydrogens is 509 g/mol. The Labute approximate surface area is 217 Å². The topological polar surface area (TPSA) is 86.0 Å². The third-order valence-electron chi connectivity index (χ3n) is 9.63.